The molecule has 0 saturated heterocycles. The molecule has 0 saturated carbocycles. The SMILES string of the molecule is CC(C)Oc1ccc(-c2nc(-c3cccc4c3CCC4N[C@@H](C)CO)no2)cc1C#N. The number of rotatable bonds is 7. The molecule has 1 aliphatic rings. The number of aliphatic hydroxyl groups is 1. The molecule has 1 aliphatic carbocycles. The van der Waals surface area contributed by atoms with Gasteiger partial charge in [0, 0.05) is 23.2 Å². The summed E-state index contributed by atoms with van der Waals surface area (Å²) < 4.78 is 11.2. The Balaban J connectivity index is 1.63. The second-order valence-corrected chi connectivity index (χ2v) is 8.13. The van der Waals surface area contributed by atoms with Gasteiger partial charge in [-0.15, -0.1) is 0 Å². The van der Waals surface area contributed by atoms with Gasteiger partial charge < -0.3 is 19.7 Å². The lowest BCUT2D eigenvalue weighted by molar-refractivity contribution is 0.240. The maximum absolute atomic E-state index is 9.48. The number of aliphatic hydroxyl groups excluding tert-OH is 1. The first-order valence-corrected chi connectivity index (χ1v) is 10.5. The average Bonchev–Trinajstić information content (AvgIpc) is 3.41. The Hall–Kier alpha value is -3.21. The van der Waals surface area contributed by atoms with Crippen LogP contribution >= 0.6 is 0 Å². The number of ether oxygens (including phenoxy) is 1. The topological polar surface area (TPSA) is 104 Å². The van der Waals surface area contributed by atoms with Crippen molar-refractivity contribution in [1.82, 2.24) is 15.5 Å². The summed E-state index contributed by atoms with van der Waals surface area (Å²) in [7, 11) is 0. The van der Waals surface area contributed by atoms with Crippen LogP contribution in [-0.4, -0.2) is 34.0 Å². The highest BCUT2D eigenvalue weighted by Gasteiger charge is 2.27. The monoisotopic (exact) mass is 418 g/mol. The minimum Gasteiger partial charge on any atom is -0.490 e. The van der Waals surface area contributed by atoms with Gasteiger partial charge in [-0.05, 0) is 62.9 Å². The Morgan fingerprint density at radius 1 is 1.29 bits per heavy atom. The number of fused-ring (bicyclic) bond motifs is 1. The Bertz CT molecular complexity index is 1120. The van der Waals surface area contributed by atoms with E-state index in [-0.39, 0.29) is 24.8 Å². The summed E-state index contributed by atoms with van der Waals surface area (Å²) in [5, 5.41) is 26.5. The van der Waals surface area contributed by atoms with Gasteiger partial charge in [0.15, 0.2) is 0 Å². The second-order valence-electron chi connectivity index (χ2n) is 8.13. The molecule has 4 rings (SSSR count). The van der Waals surface area contributed by atoms with E-state index in [0.29, 0.717) is 28.6 Å². The van der Waals surface area contributed by atoms with E-state index in [2.05, 4.69) is 27.6 Å². The third-order valence-corrected chi connectivity index (χ3v) is 5.41. The fourth-order valence-electron chi connectivity index (χ4n) is 3.99. The summed E-state index contributed by atoms with van der Waals surface area (Å²) in [5.41, 5.74) is 4.48. The lowest BCUT2D eigenvalue weighted by Gasteiger charge is -2.18. The molecule has 1 aromatic heterocycles. The van der Waals surface area contributed by atoms with E-state index < -0.39 is 0 Å². The van der Waals surface area contributed by atoms with Crippen LogP contribution in [0.1, 0.15) is 49.9 Å². The highest BCUT2D eigenvalue weighted by atomic mass is 16.5. The predicted molar refractivity (Wildman–Crippen MR) is 116 cm³/mol. The van der Waals surface area contributed by atoms with E-state index in [1.165, 1.54) is 11.1 Å². The molecular formula is C24H26N4O3. The molecule has 2 N–H and O–H groups in total. The molecule has 0 spiro atoms. The zero-order chi connectivity index (χ0) is 22.0. The van der Waals surface area contributed by atoms with Crippen LogP contribution in [0.15, 0.2) is 40.9 Å². The number of nitriles is 1. The molecule has 160 valence electrons. The van der Waals surface area contributed by atoms with Gasteiger partial charge in [-0.1, -0.05) is 23.4 Å². The van der Waals surface area contributed by atoms with Gasteiger partial charge in [0.05, 0.1) is 18.3 Å². The number of nitrogens with one attached hydrogen (secondary N) is 1. The lowest BCUT2D eigenvalue weighted by Crippen LogP contribution is -2.32. The number of hydrogen-bond acceptors (Lipinski definition) is 7. The third-order valence-electron chi connectivity index (χ3n) is 5.41. The smallest absolute Gasteiger partial charge is 0.258 e. The summed E-state index contributed by atoms with van der Waals surface area (Å²) in [5.74, 6) is 1.43. The molecule has 0 fully saturated rings. The lowest BCUT2D eigenvalue weighted by atomic mass is 10.0. The van der Waals surface area contributed by atoms with Gasteiger partial charge in [-0.25, -0.2) is 0 Å². The van der Waals surface area contributed by atoms with Crippen molar-refractivity contribution in [3.8, 4) is 34.7 Å². The van der Waals surface area contributed by atoms with E-state index in [1.807, 2.05) is 39.0 Å². The fraction of sp³-hybridized carbons (Fsp3) is 0.375. The van der Waals surface area contributed by atoms with Crippen LogP contribution in [0.25, 0.3) is 22.8 Å². The number of nitrogens with zero attached hydrogens (tertiary/aromatic N) is 3. The van der Waals surface area contributed by atoms with Crippen LogP contribution in [-0.2, 0) is 6.42 Å². The van der Waals surface area contributed by atoms with Gasteiger partial charge in [0.1, 0.15) is 11.8 Å². The van der Waals surface area contributed by atoms with Crippen LogP contribution in [0.5, 0.6) is 5.75 Å². The first-order valence-electron chi connectivity index (χ1n) is 10.5. The zero-order valence-electron chi connectivity index (χ0n) is 17.9. The Labute approximate surface area is 181 Å². The van der Waals surface area contributed by atoms with Crippen LogP contribution in [0.4, 0.5) is 0 Å². The van der Waals surface area contributed by atoms with Crippen LogP contribution in [0.3, 0.4) is 0 Å². The fourth-order valence-corrected chi connectivity index (χ4v) is 3.99. The summed E-state index contributed by atoms with van der Waals surface area (Å²) >= 11 is 0. The van der Waals surface area contributed by atoms with Crippen molar-refractivity contribution in [2.24, 2.45) is 0 Å². The Morgan fingerprint density at radius 2 is 2.13 bits per heavy atom. The molecule has 0 amide bonds. The molecule has 2 atom stereocenters. The average molecular weight is 418 g/mol. The molecular weight excluding hydrogens is 392 g/mol. The number of aromatic nitrogens is 2. The highest BCUT2D eigenvalue weighted by Crippen LogP contribution is 2.37. The third kappa shape index (κ3) is 4.31. The molecule has 0 bridgehead atoms. The van der Waals surface area contributed by atoms with Gasteiger partial charge in [0.25, 0.3) is 5.89 Å². The molecule has 0 radical (unpaired) electrons. The van der Waals surface area contributed by atoms with Crippen molar-refractivity contribution in [3.63, 3.8) is 0 Å². The maximum Gasteiger partial charge on any atom is 0.258 e. The maximum atomic E-state index is 9.48. The minimum atomic E-state index is -0.0215. The van der Waals surface area contributed by atoms with Gasteiger partial charge in [0.2, 0.25) is 5.82 Å². The molecule has 1 unspecified atom stereocenters. The summed E-state index contributed by atoms with van der Waals surface area (Å²) in [4.78, 5) is 4.61. The van der Waals surface area contributed by atoms with E-state index in [4.69, 9.17) is 9.26 Å². The highest BCUT2D eigenvalue weighted by molar-refractivity contribution is 5.67. The standard InChI is InChI=1S/C24H26N4O3/c1-14(2)30-22-10-7-16(11-17(22)12-25)24-27-23(28-31-24)20-6-4-5-19-18(20)8-9-21(19)26-15(3)13-29/h4-7,10-11,14-15,21,26,29H,8-9,13H2,1-3H3/t15-,21?/m0/s1. The Morgan fingerprint density at radius 3 is 2.87 bits per heavy atom. The van der Waals surface area contributed by atoms with E-state index in [1.54, 1.807) is 12.1 Å². The van der Waals surface area contributed by atoms with Gasteiger partial charge >= 0.3 is 0 Å². The van der Waals surface area contributed by atoms with Crippen molar-refractivity contribution in [2.75, 3.05) is 6.61 Å². The van der Waals surface area contributed by atoms with Crippen molar-refractivity contribution < 1.29 is 14.4 Å². The van der Waals surface area contributed by atoms with Crippen LogP contribution < -0.4 is 10.1 Å². The van der Waals surface area contributed by atoms with E-state index in [9.17, 15) is 10.4 Å². The van der Waals surface area contributed by atoms with Crippen molar-refractivity contribution >= 4 is 0 Å². The first-order chi connectivity index (χ1) is 15.0. The summed E-state index contributed by atoms with van der Waals surface area (Å²) in [6.07, 6.45) is 1.85. The van der Waals surface area contributed by atoms with Crippen LogP contribution in [0.2, 0.25) is 0 Å². The predicted octanol–water partition coefficient (Wildman–Crippen LogP) is 4.02. The molecule has 1 heterocycles. The normalized spacial score (nSPS) is 16.2. The minimum absolute atomic E-state index is 0.0215. The van der Waals surface area contributed by atoms with Crippen LogP contribution in [0, 0.1) is 11.3 Å². The molecule has 7 heteroatoms. The summed E-state index contributed by atoms with van der Waals surface area (Å²) in [6.45, 7) is 5.91. The van der Waals surface area contributed by atoms with Crippen molar-refractivity contribution in [3.05, 3.63) is 53.1 Å². The second kappa shape index (κ2) is 8.88. The van der Waals surface area contributed by atoms with Crippen molar-refractivity contribution in [2.45, 2.75) is 51.8 Å². The zero-order valence-corrected chi connectivity index (χ0v) is 17.9. The quantitative estimate of drug-likeness (QED) is 0.597. The molecule has 0 aliphatic heterocycles. The first kappa shape index (κ1) is 21.0. The van der Waals surface area contributed by atoms with E-state index in [0.717, 1.165) is 18.4 Å². The van der Waals surface area contributed by atoms with E-state index >= 15 is 0 Å². The van der Waals surface area contributed by atoms with Gasteiger partial charge in [-0.2, -0.15) is 10.2 Å². The molecule has 3 aromatic rings. The summed E-state index contributed by atoms with van der Waals surface area (Å²) in [6, 6.07) is 13.8. The van der Waals surface area contributed by atoms with Crippen molar-refractivity contribution in [1.29, 1.82) is 5.26 Å². The van der Waals surface area contributed by atoms with Gasteiger partial charge in [-0.3, -0.25) is 0 Å². The Kier molecular flexibility index (Phi) is 6.03. The molecule has 31 heavy (non-hydrogen) atoms. The largest absolute Gasteiger partial charge is 0.490 e. The molecule has 7 nitrogen and oxygen atoms in total. The molecule has 2 aromatic carbocycles. The number of benzene rings is 2. The number of hydrogen-bond donors (Lipinski definition) is 2.